The minimum absolute atomic E-state index is 0.0847. The topological polar surface area (TPSA) is 106 Å². The van der Waals surface area contributed by atoms with Gasteiger partial charge in [0.05, 0.1) is 11.0 Å². The fourth-order valence-corrected chi connectivity index (χ4v) is 2.34. The Morgan fingerprint density at radius 1 is 1.00 bits per heavy atom. The number of pyridine rings is 1. The first kappa shape index (κ1) is 16.3. The van der Waals surface area contributed by atoms with Crippen LogP contribution in [0.4, 0.5) is 23.1 Å². The Labute approximate surface area is 144 Å². The second kappa shape index (κ2) is 7.35. The van der Waals surface area contributed by atoms with E-state index in [1.807, 2.05) is 37.3 Å². The lowest BCUT2D eigenvalue weighted by molar-refractivity contribution is -0.383. The first-order valence-corrected chi connectivity index (χ1v) is 7.64. The summed E-state index contributed by atoms with van der Waals surface area (Å²) in [6.45, 7) is 1.91. The van der Waals surface area contributed by atoms with E-state index in [2.05, 4.69) is 25.6 Å². The highest BCUT2D eigenvalue weighted by Crippen LogP contribution is 2.32. The van der Waals surface area contributed by atoms with E-state index in [1.54, 1.807) is 24.4 Å². The van der Waals surface area contributed by atoms with E-state index in [-0.39, 0.29) is 23.4 Å². The number of anilines is 3. The zero-order chi connectivity index (χ0) is 17.6. The third kappa shape index (κ3) is 3.86. The summed E-state index contributed by atoms with van der Waals surface area (Å²) in [6.07, 6.45) is 2.87. The lowest BCUT2D eigenvalue weighted by Gasteiger charge is -2.15. The van der Waals surface area contributed by atoms with Crippen LogP contribution in [0.25, 0.3) is 0 Å². The third-order valence-electron chi connectivity index (χ3n) is 3.57. The maximum atomic E-state index is 11.6. The summed E-state index contributed by atoms with van der Waals surface area (Å²) >= 11 is 0. The van der Waals surface area contributed by atoms with Gasteiger partial charge in [0.25, 0.3) is 0 Å². The van der Waals surface area contributed by atoms with Crippen molar-refractivity contribution in [2.45, 2.75) is 13.0 Å². The molecule has 8 nitrogen and oxygen atoms in total. The first-order valence-electron chi connectivity index (χ1n) is 7.64. The largest absolute Gasteiger partial charge is 0.358 e. The lowest BCUT2D eigenvalue weighted by atomic mass is 10.1. The SMILES string of the molecule is CC(Nc1ncnc(Nc2ccccn2)c1[N+](=O)[O-])c1ccccc1. The number of aromatic nitrogens is 3. The van der Waals surface area contributed by atoms with Crippen molar-refractivity contribution in [1.29, 1.82) is 0 Å². The van der Waals surface area contributed by atoms with Gasteiger partial charge in [0.15, 0.2) is 0 Å². The minimum atomic E-state index is -0.509. The number of benzene rings is 1. The molecule has 0 radical (unpaired) electrons. The molecule has 8 heteroatoms. The molecule has 0 amide bonds. The van der Waals surface area contributed by atoms with Gasteiger partial charge in [-0.25, -0.2) is 15.0 Å². The molecule has 1 atom stereocenters. The monoisotopic (exact) mass is 336 g/mol. The van der Waals surface area contributed by atoms with Crippen molar-refractivity contribution in [3.63, 3.8) is 0 Å². The molecule has 1 aromatic carbocycles. The van der Waals surface area contributed by atoms with Crippen LogP contribution >= 0.6 is 0 Å². The second-order valence-corrected chi connectivity index (χ2v) is 5.29. The van der Waals surface area contributed by atoms with Crippen LogP contribution in [0.5, 0.6) is 0 Å². The molecule has 3 aromatic rings. The van der Waals surface area contributed by atoms with Gasteiger partial charge in [-0.3, -0.25) is 10.1 Å². The van der Waals surface area contributed by atoms with Crippen molar-refractivity contribution in [2.24, 2.45) is 0 Å². The average molecular weight is 336 g/mol. The fourth-order valence-electron chi connectivity index (χ4n) is 2.34. The van der Waals surface area contributed by atoms with E-state index in [0.717, 1.165) is 5.56 Å². The maximum absolute atomic E-state index is 11.6. The van der Waals surface area contributed by atoms with Crippen LogP contribution in [-0.4, -0.2) is 19.9 Å². The van der Waals surface area contributed by atoms with Crippen LogP contribution in [0.2, 0.25) is 0 Å². The molecule has 2 N–H and O–H groups in total. The van der Waals surface area contributed by atoms with Gasteiger partial charge >= 0.3 is 5.69 Å². The van der Waals surface area contributed by atoms with Crippen LogP contribution in [0.1, 0.15) is 18.5 Å². The second-order valence-electron chi connectivity index (χ2n) is 5.29. The Morgan fingerprint density at radius 3 is 2.40 bits per heavy atom. The molecule has 0 aliphatic heterocycles. The molecule has 0 saturated heterocycles. The Hall–Kier alpha value is -3.55. The number of nitrogens with one attached hydrogen (secondary N) is 2. The van der Waals surface area contributed by atoms with Crippen molar-refractivity contribution in [1.82, 2.24) is 15.0 Å². The van der Waals surface area contributed by atoms with Crippen LogP contribution in [0.3, 0.4) is 0 Å². The summed E-state index contributed by atoms with van der Waals surface area (Å²) in [4.78, 5) is 23.2. The normalized spacial score (nSPS) is 11.6. The smallest absolute Gasteiger partial charge is 0.353 e. The third-order valence-corrected chi connectivity index (χ3v) is 3.57. The van der Waals surface area contributed by atoms with Crippen molar-refractivity contribution in [2.75, 3.05) is 10.6 Å². The molecule has 0 fully saturated rings. The van der Waals surface area contributed by atoms with Gasteiger partial charge in [-0.05, 0) is 24.6 Å². The van der Waals surface area contributed by atoms with Gasteiger partial charge in [-0.1, -0.05) is 36.4 Å². The van der Waals surface area contributed by atoms with Crippen LogP contribution in [0.15, 0.2) is 61.1 Å². The minimum Gasteiger partial charge on any atom is -0.358 e. The molecule has 2 heterocycles. The molecule has 25 heavy (non-hydrogen) atoms. The predicted molar refractivity (Wildman–Crippen MR) is 94.7 cm³/mol. The van der Waals surface area contributed by atoms with E-state index < -0.39 is 4.92 Å². The Bertz CT molecular complexity index is 858. The quantitative estimate of drug-likeness (QED) is 0.522. The van der Waals surface area contributed by atoms with Gasteiger partial charge in [0.2, 0.25) is 11.6 Å². The summed E-state index contributed by atoms with van der Waals surface area (Å²) in [6, 6.07) is 14.7. The molecule has 0 aliphatic carbocycles. The van der Waals surface area contributed by atoms with Gasteiger partial charge in [0.1, 0.15) is 12.1 Å². The highest BCUT2D eigenvalue weighted by molar-refractivity contribution is 5.72. The number of nitro groups is 1. The van der Waals surface area contributed by atoms with E-state index in [0.29, 0.717) is 5.82 Å². The molecule has 0 saturated carbocycles. The van der Waals surface area contributed by atoms with E-state index in [1.165, 1.54) is 6.33 Å². The highest BCUT2D eigenvalue weighted by atomic mass is 16.6. The standard InChI is InChI=1S/C17H16N6O2/c1-12(13-7-3-2-4-8-13)21-16-15(23(24)25)17(20-11-19-16)22-14-9-5-6-10-18-14/h2-12H,1H3,(H2,18,19,20,21,22). The summed E-state index contributed by atoms with van der Waals surface area (Å²) in [5.41, 5.74) is 0.769. The van der Waals surface area contributed by atoms with Gasteiger partial charge in [-0.15, -0.1) is 0 Å². The Kier molecular flexibility index (Phi) is 4.79. The van der Waals surface area contributed by atoms with Crippen LogP contribution < -0.4 is 10.6 Å². The summed E-state index contributed by atoms with van der Waals surface area (Å²) < 4.78 is 0. The molecule has 3 rings (SSSR count). The van der Waals surface area contributed by atoms with E-state index in [4.69, 9.17) is 0 Å². The predicted octanol–water partition coefficient (Wildman–Crippen LogP) is 3.70. The zero-order valence-electron chi connectivity index (χ0n) is 13.5. The summed E-state index contributed by atoms with van der Waals surface area (Å²) in [5.74, 6) is 0.697. The Balaban J connectivity index is 1.91. The van der Waals surface area contributed by atoms with E-state index >= 15 is 0 Å². The average Bonchev–Trinajstić information content (AvgIpc) is 2.63. The molecule has 0 aliphatic rings. The molecule has 0 bridgehead atoms. The van der Waals surface area contributed by atoms with Crippen molar-refractivity contribution in [3.8, 4) is 0 Å². The van der Waals surface area contributed by atoms with Crippen LogP contribution in [0, 0.1) is 10.1 Å². The van der Waals surface area contributed by atoms with Crippen molar-refractivity contribution < 1.29 is 4.92 Å². The molecular weight excluding hydrogens is 320 g/mol. The number of hydrogen-bond acceptors (Lipinski definition) is 7. The summed E-state index contributed by atoms with van der Waals surface area (Å²) in [5, 5.41) is 17.5. The fraction of sp³-hybridized carbons (Fsp3) is 0.118. The molecule has 2 aromatic heterocycles. The number of nitrogens with zero attached hydrogens (tertiary/aromatic N) is 4. The number of hydrogen-bond donors (Lipinski definition) is 2. The zero-order valence-corrected chi connectivity index (χ0v) is 13.5. The number of rotatable bonds is 6. The lowest BCUT2D eigenvalue weighted by Crippen LogP contribution is -2.11. The van der Waals surface area contributed by atoms with Crippen molar-refractivity contribution in [3.05, 3.63) is 76.7 Å². The van der Waals surface area contributed by atoms with Crippen LogP contribution in [-0.2, 0) is 0 Å². The maximum Gasteiger partial charge on any atom is 0.353 e. The molecule has 0 spiro atoms. The molecule has 126 valence electrons. The molecular formula is C17H16N6O2. The van der Waals surface area contributed by atoms with E-state index in [9.17, 15) is 10.1 Å². The first-order chi connectivity index (χ1) is 12.1. The highest BCUT2D eigenvalue weighted by Gasteiger charge is 2.24. The molecule has 1 unspecified atom stereocenters. The van der Waals surface area contributed by atoms with Gasteiger partial charge in [-0.2, -0.15) is 0 Å². The van der Waals surface area contributed by atoms with Crippen molar-refractivity contribution >= 4 is 23.1 Å². The Morgan fingerprint density at radius 2 is 1.72 bits per heavy atom. The summed E-state index contributed by atoms with van der Waals surface area (Å²) in [7, 11) is 0. The van der Waals surface area contributed by atoms with Gasteiger partial charge < -0.3 is 10.6 Å². The van der Waals surface area contributed by atoms with Gasteiger partial charge in [0, 0.05) is 6.20 Å².